The summed E-state index contributed by atoms with van der Waals surface area (Å²) >= 11 is 0. The predicted molar refractivity (Wildman–Crippen MR) is 72.5 cm³/mol. The van der Waals surface area contributed by atoms with Crippen LogP contribution in [-0.2, 0) is 12.4 Å². The van der Waals surface area contributed by atoms with Gasteiger partial charge in [-0.2, -0.15) is 35.8 Å². The van der Waals surface area contributed by atoms with Gasteiger partial charge in [0.1, 0.15) is 0 Å². The number of hydrogen-bond donors (Lipinski definition) is 0. The quantitative estimate of drug-likeness (QED) is 0.348. The molecular formula is C12H6F6N2O2S2. The summed E-state index contributed by atoms with van der Waals surface area (Å²) in [5, 5.41) is 22.3. The maximum atomic E-state index is 12.9. The molecule has 2 aromatic rings. The van der Waals surface area contributed by atoms with Crippen molar-refractivity contribution in [3.63, 3.8) is 0 Å². The summed E-state index contributed by atoms with van der Waals surface area (Å²) in [6.07, 6.45) is -7.10. The predicted octanol–water partition coefficient (Wildman–Crippen LogP) is 3.79. The first kappa shape index (κ1) is 18.5. The molecule has 0 N–H and O–H groups in total. The molecule has 0 fully saturated rings. The average molecular weight is 388 g/mol. The van der Waals surface area contributed by atoms with Crippen molar-refractivity contribution in [1.29, 1.82) is 0 Å². The Morgan fingerprint density at radius 3 is 1.33 bits per heavy atom. The van der Waals surface area contributed by atoms with Gasteiger partial charge < -0.3 is 10.4 Å². The van der Waals surface area contributed by atoms with Gasteiger partial charge in [0.25, 0.3) is 0 Å². The van der Waals surface area contributed by atoms with Crippen molar-refractivity contribution in [2.75, 3.05) is 0 Å². The van der Waals surface area contributed by atoms with Gasteiger partial charge in [-0.05, 0) is 21.6 Å². The van der Waals surface area contributed by atoms with Gasteiger partial charge >= 0.3 is 12.4 Å². The summed E-state index contributed by atoms with van der Waals surface area (Å²) in [7, 11) is 0.608. The van der Waals surface area contributed by atoms with E-state index in [1.165, 1.54) is 0 Å². The van der Waals surface area contributed by atoms with Crippen molar-refractivity contribution in [3.8, 4) is 0 Å². The van der Waals surface area contributed by atoms with Gasteiger partial charge in [-0.3, -0.25) is 0 Å². The highest BCUT2D eigenvalue weighted by Crippen LogP contribution is 2.46. The summed E-state index contributed by atoms with van der Waals surface area (Å²) in [4.78, 5) is -1.14. The largest absolute Gasteiger partial charge is 0.619 e. The van der Waals surface area contributed by atoms with E-state index in [4.69, 9.17) is 0 Å². The third-order valence-electron chi connectivity index (χ3n) is 2.63. The molecule has 0 atom stereocenters. The minimum Gasteiger partial charge on any atom is -0.619 e. The summed E-state index contributed by atoms with van der Waals surface area (Å²) in [6.45, 7) is 0. The molecule has 24 heavy (non-hydrogen) atoms. The van der Waals surface area contributed by atoms with Crippen LogP contribution in [0.4, 0.5) is 26.3 Å². The van der Waals surface area contributed by atoms with Crippen LogP contribution in [0.1, 0.15) is 11.1 Å². The second-order valence-electron chi connectivity index (χ2n) is 4.33. The third-order valence-corrected chi connectivity index (χ3v) is 5.05. The lowest BCUT2D eigenvalue weighted by Gasteiger charge is -2.13. The van der Waals surface area contributed by atoms with Crippen LogP contribution in [0.25, 0.3) is 0 Å². The standard InChI is InChI=1S/C12H6F6N2O2S2/c13-11(14,15)7-1-3-19(21)5-9(7)23-24-10-6-20(22)4-2-8(10)12(16,17)18/h1-6H. The number of aromatic nitrogens is 2. The van der Waals surface area contributed by atoms with E-state index >= 15 is 0 Å². The monoisotopic (exact) mass is 388 g/mol. The Labute approximate surface area is 138 Å². The summed E-state index contributed by atoms with van der Waals surface area (Å²) in [6, 6.07) is 1.05. The van der Waals surface area contributed by atoms with Crippen molar-refractivity contribution in [1.82, 2.24) is 0 Å². The zero-order chi connectivity index (χ0) is 18.1. The zero-order valence-electron chi connectivity index (χ0n) is 11.3. The molecule has 0 aliphatic heterocycles. The number of alkyl halides is 6. The van der Waals surface area contributed by atoms with Gasteiger partial charge in [-0.25, -0.2) is 0 Å². The van der Waals surface area contributed by atoms with Crippen LogP contribution in [0.3, 0.4) is 0 Å². The molecular weight excluding hydrogens is 382 g/mol. The zero-order valence-corrected chi connectivity index (χ0v) is 12.9. The van der Waals surface area contributed by atoms with E-state index in [1.54, 1.807) is 0 Å². The minimum absolute atomic E-state index is 0.0988. The molecule has 12 heteroatoms. The van der Waals surface area contributed by atoms with E-state index in [-0.39, 0.29) is 9.46 Å². The molecule has 130 valence electrons. The SMILES string of the molecule is [O-][n+]1ccc(C(F)(F)F)c(SSc2c[n+]([O-])ccc2C(F)(F)F)c1. The summed E-state index contributed by atoms with van der Waals surface area (Å²) < 4.78 is 77.4. The molecule has 0 bridgehead atoms. The first-order valence-electron chi connectivity index (χ1n) is 5.93. The van der Waals surface area contributed by atoms with Gasteiger partial charge in [-0.1, -0.05) is 0 Å². The van der Waals surface area contributed by atoms with Gasteiger partial charge in [0.05, 0.1) is 20.9 Å². The van der Waals surface area contributed by atoms with Gasteiger partial charge in [0.15, 0.2) is 24.8 Å². The van der Waals surface area contributed by atoms with Gasteiger partial charge in [0.2, 0.25) is 0 Å². The number of pyridine rings is 2. The smallest absolute Gasteiger partial charge is 0.417 e. The highest BCUT2D eigenvalue weighted by molar-refractivity contribution is 8.76. The van der Waals surface area contributed by atoms with Crippen molar-refractivity contribution >= 4 is 21.6 Å². The van der Waals surface area contributed by atoms with Crippen molar-refractivity contribution in [3.05, 3.63) is 58.5 Å². The molecule has 4 nitrogen and oxygen atoms in total. The Morgan fingerprint density at radius 2 is 1.04 bits per heavy atom. The molecule has 2 rings (SSSR count). The Bertz CT molecular complexity index is 688. The third kappa shape index (κ3) is 4.38. The normalized spacial score (nSPS) is 12.4. The Balaban J connectivity index is 2.36. The number of nitrogens with zero attached hydrogens (tertiary/aromatic N) is 2. The van der Waals surface area contributed by atoms with E-state index in [2.05, 4.69) is 0 Å². The molecule has 0 aromatic carbocycles. The van der Waals surface area contributed by atoms with Crippen LogP contribution in [0, 0.1) is 10.4 Å². The number of hydrogen-bond acceptors (Lipinski definition) is 4. The van der Waals surface area contributed by atoms with Crippen LogP contribution >= 0.6 is 21.6 Å². The van der Waals surface area contributed by atoms with E-state index in [1.807, 2.05) is 0 Å². The lowest BCUT2D eigenvalue weighted by Crippen LogP contribution is -2.26. The fourth-order valence-corrected chi connectivity index (χ4v) is 3.96. The lowest BCUT2D eigenvalue weighted by molar-refractivity contribution is -0.608. The van der Waals surface area contributed by atoms with Gasteiger partial charge in [0, 0.05) is 12.1 Å². The minimum atomic E-state index is -4.78. The second kappa shape index (κ2) is 6.59. The molecule has 0 saturated heterocycles. The maximum absolute atomic E-state index is 12.9. The highest BCUT2D eigenvalue weighted by atomic mass is 33.1. The fourth-order valence-electron chi connectivity index (χ4n) is 1.61. The van der Waals surface area contributed by atoms with Crippen molar-refractivity contribution < 1.29 is 35.8 Å². The van der Waals surface area contributed by atoms with Crippen LogP contribution in [-0.4, -0.2) is 0 Å². The van der Waals surface area contributed by atoms with E-state index in [0.29, 0.717) is 58.5 Å². The second-order valence-corrected chi connectivity index (χ2v) is 6.54. The van der Waals surface area contributed by atoms with Crippen LogP contribution in [0.5, 0.6) is 0 Å². The molecule has 0 radical (unpaired) electrons. The van der Waals surface area contributed by atoms with E-state index in [0.717, 1.165) is 0 Å². The van der Waals surface area contributed by atoms with Crippen molar-refractivity contribution in [2.24, 2.45) is 0 Å². The fraction of sp³-hybridized carbons (Fsp3) is 0.167. The number of rotatable bonds is 3. The Kier molecular flexibility index (Phi) is 5.08. The van der Waals surface area contributed by atoms with Crippen molar-refractivity contribution in [2.45, 2.75) is 22.1 Å². The first-order valence-corrected chi connectivity index (χ1v) is 8.08. The molecule has 2 heterocycles. The Morgan fingerprint density at radius 1 is 0.708 bits per heavy atom. The maximum Gasteiger partial charge on any atom is 0.417 e. The highest BCUT2D eigenvalue weighted by Gasteiger charge is 2.37. The molecule has 2 aromatic heterocycles. The number of halogens is 6. The topological polar surface area (TPSA) is 53.9 Å². The first-order chi connectivity index (χ1) is 11.0. The van der Waals surface area contributed by atoms with Crippen LogP contribution in [0.2, 0.25) is 0 Å². The summed E-state index contributed by atoms with van der Waals surface area (Å²) in [5.41, 5.74) is -2.32. The molecule has 0 aliphatic rings. The summed E-state index contributed by atoms with van der Waals surface area (Å²) in [5.74, 6) is 0. The molecule has 0 amide bonds. The molecule has 0 unspecified atom stereocenters. The van der Waals surface area contributed by atoms with Crippen LogP contribution in [0.15, 0.2) is 46.7 Å². The Hall–Kier alpha value is -1.82. The van der Waals surface area contributed by atoms with Gasteiger partial charge in [-0.15, -0.1) is 0 Å². The average Bonchev–Trinajstić information content (AvgIpc) is 2.42. The molecule has 0 spiro atoms. The van der Waals surface area contributed by atoms with E-state index < -0.39 is 33.3 Å². The van der Waals surface area contributed by atoms with E-state index in [9.17, 15) is 36.8 Å². The lowest BCUT2D eigenvalue weighted by atomic mass is 10.2. The van der Waals surface area contributed by atoms with Crippen LogP contribution < -0.4 is 9.46 Å². The molecule has 0 aliphatic carbocycles. The molecule has 0 saturated carbocycles.